The van der Waals surface area contributed by atoms with Crippen LogP contribution in [0.1, 0.15) is 19.4 Å². The molecule has 9 heteroatoms. The van der Waals surface area contributed by atoms with Gasteiger partial charge in [0.2, 0.25) is 0 Å². The predicted octanol–water partition coefficient (Wildman–Crippen LogP) is 5.19. The summed E-state index contributed by atoms with van der Waals surface area (Å²) in [6.07, 6.45) is 0. The van der Waals surface area contributed by atoms with Gasteiger partial charge >= 0.3 is 0 Å². The standard InChI is InChI=1S/C19H16ClN5O2S/c1-12(2)11-24-18(13-4-3-5-15(20)8-13)22-23-19(24)28-16-7-6-14(10-21)17(9-16)25(26)27/h3-9,12H,11H2,1-2H3. The highest BCUT2D eigenvalue weighted by atomic mass is 35.5. The van der Waals surface area contributed by atoms with Gasteiger partial charge in [0.05, 0.1) is 4.92 Å². The number of nitrogens with zero attached hydrogens (tertiary/aromatic N) is 5. The van der Waals surface area contributed by atoms with E-state index in [-0.39, 0.29) is 11.3 Å². The molecule has 3 rings (SSSR count). The van der Waals surface area contributed by atoms with Crippen LogP contribution in [0.2, 0.25) is 5.02 Å². The van der Waals surface area contributed by atoms with E-state index in [1.807, 2.05) is 28.8 Å². The van der Waals surface area contributed by atoms with Crippen LogP contribution in [-0.2, 0) is 6.54 Å². The molecule has 1 heterocycles. The van der Waals surface area contributed by atoms with Crippen LogP contribution in [0.4, 0.5) is 5.69 Å². The number of halogens is 1. The highest BCUT2D eigenvalue weighted by Gasteiger charge is 2.19. The molecule has 0 N–H and O–H groups in total. The van der Waals surface area contributed by atoms with Crippen molar-refractivity contribution in [3.8, 4) is 17.5 Å². The molecule has 0 unspecified atom stereocenters. The van der Waals surface area contributed by atoms with Crippen molar-refractivity contribution in [1.82, 2.24) is 14.8 Å². The van der Waals surface area contributed by atoms with Crippen molar-refractivity contribution in [1.29, 1.82) is 5.26 Å². The van der Waals surface area contributed by atoms with E-state index in [1.165, 1.54) is 23.9 Å². The Morgan fingerprint density at radius 1 is 1.29 bits per heavy atom. The molecule has 0 radical (unpaired) electrons. The van der Waals surface area contributed by atoms with E-state index in [0.717, 1.165) is 5.56 Å². The van der Waals surface area contributed by atoms with Crippen LogP contribution in [0.5, 0.6) is 0 Å². The Balaban J connectivity index is 2.02. The van der Waals surface area contributed by atoms with Gasteiger partial charge in [0.25, 0.3) is 5.69 Å². The second kappa shape index (κ2) is 8.42. The first-order valence-corrected chi connectivity index (χ1v) is 9.64. The minimum absolute atomic E-state index is 0.0256. The highest BCUT2D eigenvalue weighted by molar-refractivity contribution is 7.99. The number of benzene rings is 2. The zero-order chi connectivity index (χ0) is 20.3. The van der Waals surface area contributed by atoms with Gasteiger partial charge in [-0.1, -0.05) is 37.6 Å². The molecule has 0 bridgehead atoms. The fraction of sp³-hybridized carbons (Fsp3) is 0.211. The molecule has 7 nitrogen and oxygen atoms in total. The molecule has 0 saturated heterocycles. The SMILES string of the molecule is CC(C)Cn1c(Sc2ccc(C#N)c([N+](=O)[O-])c2)nnc1-c1cccc(Cl)c1. The summed E-state index contributed by atoms with van der Waals surface area (Å²) in [7, 11) is 0. The van der Waals surface area contributed by atoms with Crippen LogP contribution in [0.25, 0.3) is 11.4 Å². The molecule has 142 valence electrons. The molecule has 0 spiro atoms. The first-order chi connectivity index (χ1) is 13.4. The van der Waals surface area contributed by atoms with Crippen LogP contribution in [0, 0.1) is 27.4 Å². The summed E-state index contributed by atoms with van der Waals surface area (Å²) in [5.74, 6) is 1.02. The van der Waals surface area contributed by atoms with E-state index in [0.29, 0.717) is 33.4 Å². The predicted molar refractivity (Wildman–Crippen MR) is 107 cm³/mol. The maximum absolute atomic E-state index is 11.2. The number of hydrogen-bond acceptors (Lipinski definition) is 6. The summed E-state index contributed by atoms with van der Waals surface area (Å²) in [6, 6.07) is 13.7. The van der Waals surface area contributed by atoms with Crippen molar-refractivity contribution in [2.24, 2.45) is 5.92 Å². The van der Waals surface area contributed by atoms with Crippen molar-refractivity contribution >= 4 is 29.1 Å². The van der Waals surface area contributed by atoms with E-state index in [2.05, 4.69) is 24.0 Å². The third-order valence-corrected chi connectivity index (χ3v) is 5.05. The lowest BCUT2D eigenvalue weighted by Crippen LogP contribution is -2.07. The lowest BCUT2D eigenvalue weighted by molar-refractivity contribution is -0.385. The minimum Gasteiger partial charge on any atom is -0.302 e. The second-order valence-electron chi connectivity index (χ2n) is 6.47. The minimum atomic E-state index is -0.557. The summed E-state index contributed by atoms with van der Waals surface area (Å²) in [5, 5.41) is 30.1. The first-order valence-electron chi connectivity index (χ1n) is 8.44. The fourth-order valence-electron chi connectivity index (χ4n) is 2.66. The summed E-state index contributed by atoms with van der Waals surface area (Å²) >= 11 is 7.38. The molecular weight excluding hydrogens is 398 g/mol. The topological polar surface area (TPSA) is 97.6 Å². The number of hydrogen-bond donors (Lipinski definition) is 0. The van der Waals surface area contributed by atoms with Crippen LogP contribution in [0.3, 0.4) is 0 Å². The van der Waals surface area contributed by atoms with Gasteiger partial charge in [-0.25, -0.2) is 0 Å². The summed E-state index contributed by atoms with van der Waals surface area (Å²) in [5.41, 5.74) is 0.647. The van der Waals surface area contributed by atoms with Crippen molar-refractivity contribution in [3.63, 3.8) is 0 Å². The second-order valence-corrected chi connectivity index (χ2v) is 7.95. The zero-order valence-electron chi connectivity index (χ0n) is 15.2. The summed E-state index contributed by atoms with van der Waals surface area (Å²) < 4.78 is 1.98. The molecule has 0 amide bonds. The normalized spacial score (nSPS) is 10.8. The molecule has 1 aromatic heterocycles. The third kappa shape index (κ3) is 4.32. The van der Waals surface area contributed by atoms with E-state index in [1.54, 1.807) is 12.1 Å². The van der Waals surface area contributed by atoms with Gasteiger partial charge in [-0.2, -0.15) is 5.26 Å². The van der Waals surface area contributed by atoms with E-state index in [4.69, 9.17) is 16.9 Å². The zero-order valence-corrected chi connectivity index (χ0v) is 16.7. The van der Waals surface area contributed by atoms with E-state index in [9.17, 15) is 10.1 Å². The maximum atomic E-state index is 11.2. The molecule has 3 aromatic rings. The largest absolute Gasteiger partial charge is 0.302 e. The first kappa shape index (κ1) is 19.9. The lowest BCUT2D eigenvalue weighted by atomic mass is 10.2. The quantitative estimate of drug-likeness (QED) is 0.407. The monoisotopic (exact) mass is 413 g/mol. The maximum Gasteiger partial charge on any atom is 0.288 e. The Morgan fingerprint density at radius 3 is 2.71 bits per heavy atom. The molecule has 0 aliphatic rings. The highest BCUT2D eigenvalue weighted by Crippen LogP contribution is 2.33. The average Bonchev–Trinajstić information content (AvgIpc) is 3.03. The van der Waals surface area contributed by atoms with Gasteiger partial charge in [-0.05, 0) is 41.9 Å². The van der Waals surface area contributed by atoms with Gasteiger partial charge in [-0.3, -0.25) is 10.1 Å². The van der Waals surface area contributed by atoms with Crippen molar-refractivity contribution in [3.05, 3.63) is 63.2 Å². The number of aromatic nitrogens is 3. The molecule has 2 aromatic carbocycles. The molecule has 0 aliphatic carbocycles. The molecule has 0 atom stereocenters. The molecular formula is C19H16ClN5O2S. The van der Waals surface area contributed by atoms with Crippen molar-refractivity contribution in [2.45, 2.75) is 30.4 Å². The molecule has 0 fully saturated rings. The molecule has 0 aliphatic heterocycles. The van der Waals surface area contributed by atoms with Crippen molar-refractivity contribution in [2.75, 3.05) is 0 Å². The Morgan fingerprint density at radius 2 is 2.07 bits per heavy atom. The van der Waals surface area contributed by atoms with Crippen LogP contribution >= 0.6 is 23.4 Å². The van der Waals surface area contributed by atoms with Gasteiger partial charge < -0.3 is 4.57 Å². The fourth-order valence-corrected chi connectivity index (χ4v) is 3.72. The Labute approximate surface area is 171 Å². The van der Waals surface area contributed by atoms with Gasteiger partial charge in [0.15, 0.2) is 11.0 Å². The number of rotatable bonds is 6. The number of nitro groups is 1. The Kier molecular flexibility index (Phi) is 5.97. The Bertz CT molecular complexity index is 1070. The van der Waals surface area contributed by atoms with Gasteiger partial charge in [-0.15, -0.1) is 10.2 Å². The van der Waals surface area contributed by atoms with Crippen LogP contribution in [-0.4, -0.2) is 19.7 Å². The molecule has 0 saturated carbocycles. The van der Waals surface area contributed by atoms with Gasteiger partial charge in [0, 0.05) is 28.1 Å². The van der Waals surface area contributed by atoms with Crippen LogP contribution in [0.15, 0.2) is 52.5 Å². The molecule has 28 heavy (non-hydrogen) atoms. The average molecular weight is 414 g/mol. The van der Waals surface area contributed by atoms with Gasteiger partial charge in [0.1, 0.15) is 11.6 Å². The number of nitro benzene ring substituents is 1. The van der Waals surface area contributed by atoms with E-state index >= 15 is 0 Å². The Hall–Kier alpha value is -2.89. The summed E-state index contributed by atoms with van der Waals surface area (Å²) in [6.45, 7) is 4.85. The lowest BCUT2D eigenvalue weighted by Gasteiger charge is -2.12. The summed E-state index contributed by atoms with van der Waals surface area (Å²) in [4.78, 5) is 11.3. The van der Waals surface area contributed by atoms with Crippen molar-refractivity contribution < 1.29 is 4.92 Å². The van der Waals surface area contributed by atoms with E-state index < -0.39 is 4.92 Å². The smallest absolute Gasteiger partial charge is 0.288 e. The number of nitriles is 1. The van der Waals surface area contributed by atoms with Crippen LogP contribution < -0.4 is 0 Å². The third-order valence-electron chi connectivity index (χ3n) is 3.84.